The summed E-state index contributed by atoms with van der Waals surface area (Å²) < 4.78 is 28.4. The first-order valence-electron chi connectivity index (χ1n) is 7.71. The maximum atomic E-state index is 12.5. The molecule has 132 valence electrons. The van der Waals surface area contributed by atoms with Crippen molar-refractivity contribution in [3.63, 3.8) is 0 Å². The number of hydrogen-bond acceptors (Lipinski definition) is 5. The summed E-state index contributed by atoms with van der Waals surface area (Å²) in [5, 5.41) is 0.247. The summed E-state index contributed by atoms with van der Waals surface area (Å²) in [4.78, 5) is 26.2. The molecule has 1 fully saturated rings. The van der Waals surface area contributed by atoms with Gasteiger partial charge >= 0.3 is 5.97 Å². The molecule has 0 aromatic heterocycles. The van der Waals surface area contributed by atoms with Gasteiger partial charge < -0.3 is 9.64 Å². The smallest absolute Gasteiger partial charge is 0.340 e. The fourth-order valence-electron chi connectivity index (χ4n) is 2.75. The van der Waals surface area contributed by atoms with E-state index in [1.807, 2.05) is 0 Å². The highest BCUT2D eigenvalue weighted by Gasteiger charge is 2.36. The molecule has 8 heteroatoms. The summed E-state index contributed by atoms with van der Waals surface area (Å²) in [6, 6.07) is 6.05. The van der Waals surface area contributed by atoms with Crippen molar-refractivity contribution in [3.05, 3.63) is 34.9 Å². The molecular formula is C16H20ClNO5S. The lowest BCUT2D eigenvalue weighted by Gasteiger charge is -2.29. The van der Waals surface area contributed by atoms with Crippen LogP contribution in [0.5, 0.6) is 0 Å². The normalized spacial score (nSPS) is 20.4. The molecule has 1 aromatic carbocycles. The van der Waals surface area contributed by atoms with Crippen molar-refractivity contribution in [1.82, 2.24) is 4.90 Å². The quantitative estimate of drug-likeness (QED) is 0.736. The van der Waals surface area contributed by atoms with Gasteiger partial charge in [-0.15, -0.1) is 0 Å². The third-order valence-electron chi connectivity index (χ3n) is 4.00. The second-order valence-electron chi connectivity index (χ2n) is 5.71. The Morgan fingerprint density at radius 3 is 2.58 bits per heavy atom. The number of esters is 1. The van der Waals surface area contributed by atoms with E-state index in [9.17, 15) is 18.0 Å². The van der Waals surface area contributed by atoms with Gasteiger partial charge in [0.15, 0.2) is 15.9 Å². The molecule has 24 heavy (non-hydrogen) atoms. The van der Waals surface area contributed by atoms with Crippen molar-refractivity contribution in [1.29, 1.82) is 0 Å². The van der Waals surface area contributed by atoms with Gasteiger partial charge in [0.1, 0.15) is 0 Å². The lowest BCUT2D eigenvalue weighted by Crippen LogP contribution is -2.46. The van der Waals surface area contributed by atoms with Crippen LogP contribution >= 0.6 is 11.6 Å². The number of likely N-dealkylation sites (N-methyl/N-ethyl adjacent to an activating group) is 1. The van der Waals surface area contributed by atoms with Crippen LogP contribution in [-0.2, 0) is 19.4 Å². The number of carbonyl (C=O) groups excluding carboxylic acids is 2. The Morgan fingerprint density at radius 1 is 1.38 bits per heavy atom. The Bertz CT molecular complexity index is 734. The van der Waals surface area contributed by atoms with Crippen LogP contribution in [0, 0.1) is 0 Å². The molecule has 1 aliphatic heterocycles. The van der Waals surface area contributed by atoms with Gasteiger partial charge in [-0.1, -0.05) is 23.7 Å². The van der Waals surface area contributed by atoms with Crippen LogP contribution in [0.25, 0.3) is 0 Å². The lowest BCUT2D eigenvalue weighted by molar-refractivity contribution is -0.141. The molecule has 0 unspecified atom stereocenters. The number of nitrogens with zero attached hydrogens (tertiary/aromatic N) is 1. The Hall–Kier alpha value is -1.60. The van der Waals surface area contributed by atoms with Crippen molar-refractivity contribution in [2.45, 2.75) is 32.4 Å². The molecule has 2 rings (SSSR count). The fourth-order valence-corrected chi connectivity index (χ4v) is 4.69. The Morgan fingerprint density at radius 2 is 2.04 bits per heavy atom. The van der Waals surface area contributed by atoms with Crippen molar-refractivity contribution >= 4 is 33.3 Å². The third-order valence-corrected chi connectivity index (χ3v) is 6.08. The van der Waals surface area contributed by atoms with E-state index in [1.165, 1.54) is 17.9 Å². The van der Waals surface area contributed by atoms with Crippen LogP contribution in [0.4, 0.5) is 0 Å². The molecule has 0 bridgehead atoms. The van der Waals surface area contributed by atoms with Gasteiger partial charge in [-0.25, -0.2) is 13.2 Å². The molecule has 1 heterocycles. The van der Waals surface area contributed by atoms with Crippen LogP contribution in [0.3, 0.4) is 0 Å². The van der Waals surface area contributed by atoms with Gasteiger partial charge in [-0.2, -0.15) is 0 Å². The van der Waals surface area contributed by atoms with Crippen LogP contribution in [0.2, 0.25) is 5.02 Å². The standard InChI is InChI=1S/C16H20ClNO5S/c1-3-18(12-8-9-24(21,22)10-12)15(19)11(2)23-16(20)13-6-4-5-7-14(13)17/h4-7,11-12H,3,8-10H2,1-2H3/t11-,12-/m0/s1. The second kappa shape index (κ2) is 7.53. The predicted octanol–water partition coefficient (Wildman–Crippen LogP) is 1.92. The molecule has 0 aliphatic carbocycles. The van der Waals surface area contributed by atoms with E-state index in [1.54, 1.807) is 25.1 Å². The molecule has 0 radical (unpaired) electrons. The van der Waals surface area contributed by atoms with Gasteiger partial charge in [0, 0.05) is 12.6 Å². The van der Waals surface area contributed by atoms with Crippen LogP contribution in [0.15, 0.2) is 24.3 Å². The van der Waals surface area contributed by atoms with Crippen molar-refractivity contribution in [2.24, 2.45) is 0 Å². The highest BCUT2D eigenvalue weighted by atomic mass is 35.5. The molecule has 6 nitrogen and oxygen atoms in total. The first-order valence-corrected chi connectivity index (χ1v) is 9.91. The molecule has 0 spiro atoms. The van der Waals surface area contributed by atoms with E-state index in [0.29, 0.717) is 13.0 Å². The van der Waals surface area contributed by atoms with Crippen molar-refractivity contribution in [3.8, 4) is 0 Å². The summed E-state index contributed by atoms with van der Waals surface area (Å²) in [6.07, 6.45) is -0.607. The van der Waals surface area contributed by atoms with Crippen LogP contribution < -0.4 is 0 Å². The van der Waals surface area contributed by atoms with E-state index in [2.05, 4.69) is 0 Å². The summed E-state index contributed by atoms with van der Waals surface area (Å²) in [5.41, 5.74) is 0.185. The highest BCUT2D eigenvalue weighted by Crippen LogP contribution is 2.20. The topological polar surface area (TPSA) is 80.8 Å². The molecule has 1 saturated heterocycles. The van der Waals surface area contributed by atoms with Crippen LogP contribution in [-0.4, -0.2) is 55.4 Å². The summed E-state index contributed by atoms with van der Waals surface area (Å²) in [5.74, 6) is -1.05. The van der Waals surface area contributed by atoms with Crippen molar-refractivity contribution in [2.75, 3.05) is 18.1 Å². The molecule has 1 aliphatic rings. The lowest BCUT2D eigenvalue weighted by atomic mass is 10.2. The highest BCUT2D eigenvalue weighted by molar-refractivity contribution is 7.91. The first-order chi connectivity index (χ1) is 11.2. The number of ether oxygens (including phenoxy) is 1. The number of amides is 1. The van der Waals surface area contributed by atoms with E-state index < -0.39 is 27.8 Å². The molecule has 1 amide bonds. The average molecular weight is 374 g/mol. The zero-order valence-corrected chi connectivity index (χ0v) is 15.1. The fraction of sp³-hybridized carbons (Fsp3) is 0.500. The summed E-state index contributed by atoms with van der Waals surface area (Å²) >= 11 is 5.94. The van der Waals surface area contributed by atoms with Gasteiger partial charge in [0.25, 0.3) is 5.91 Å². The third kappa shape index (κ3) is 4.27. The molecule has 2 atom stereocenters. The predicted molar refractivity (Wildman–Crippen MR) is 90.8 cm³/mol. The number of rotatable bonds is 5. The number of sulfone groups is 1. The van der Waals surface area contributed by atoms with Gasteiger partial charge in [0.05, 0.1) is 22.1 Å². The van der Waals surface area contributed by atoms with Gasteiger partial charge in [-0.05, 0) is 32.4 Å². The Kier molecular flexibility index (Phi) is 5.87. The number of carbonyl (C=O) groups is 2. The maximum absolute atomic E-state index is 12.5. The van der Waals surface area contributed by atoms with E-state index in [-0.39, 0.29) is 28.1 Å². The zero-order chi connectivity index (χ0) is 17.9. The van der Waals surface area contributed by atoms with Crippen molar-refractivity contribution < 1.29 is 22.7 Å². The maximum Gasteiger partial charge on any atom is 0.340 e. The monoisotopic (exact) mass is 373 g/mol. The Labute approximate surface area is 146 Å². The molecule has 0 saturated carbocycles. The van der Waals surface area contributed by atoms with Crippen LogP contribution in [0.1, 0.15) is 30.6 Å². The summed E-state index contributed by atoms with van der Waals surface area (Å²) in [7, 11) is -3.10. The minimum Gasteiger partial charge on any atom is -0.449 e. The number of benzene rings is 1. The Balaban J connectivity index is 2.05. The molecular weight excluding hydrogens is 354 g/mol. The van der Waals surface area contributed by atoms with Gasteiger partial charge in [-0.3, -0.25) is 4.79 Å². The second-order valence-corrected chi connectivity index (χ2v) is 8.34. The molecule has 0 N–H and O–H groups in total. The number of halogens is 1. The SMILES string of the molecule is CCN(C(=O)[C@H](C)OC(=O)c1ccccc1Cl)[C@H]1CCS(=O)(=O)C1. The minimum absolute atomic E-state index is 0.0439. The summed E-state index contributed by atoms with van der Waals surface area (Å²) in [6.45, 7) is 3.60. The molecule has 1 aromatic rings. The van der Waals surface area contributed by atoms with Gasteiger partial charge in [0.2, 0.25) is 0 Å². The zero-order valence-electron chi connectivity index (χ0n) is 13.6. The van der Waals surface area contributed by atoms with E-state index in [0.717, 1.165) is 0 Å². The average Bonchev–Trinajstić information content (AvgIpc) is 2.88. The number of hydrogen-bond donors (Lipinski definition) is 0. The minimum atomic E-state index is -3.10. The largest absolute Gasteiger partial charge is 0.449 e. The first kappa shape index (κ1) is 18.7. The van der Waals surface area contributed by atoms with E-state index in [4.69, 9.17) is 16.3 Å². The van der Waals surface area contributed by atoms with E-state index >= 15 is 0 Å².